The monoisotopic (exact) mass is 468 g/mol. The van der Waals surface area contributed by atoms with Crippen LogP contribution in [0.1, 0.15) is 21.2 Å². The minimum absolute atomic E-state index is 0.100. The van der Waals surface area contributed by atoms with E-state index in [1.54, 1.807) is 0 Å². The van der Waals surface area contributed by atoms with Crippen LogP contribution in [0.4, 0.5) is 18.9 Å². The van der Waals surface area contributed by atoms with Crippen LogP contribution in [-0.4, -0.2) is 22.0 Å². The van der Waals surface area contributed by atoms with Crippen LogP contribution >= 0.6 is 34.4 Å². The summed E-state index contributed by atoms with van der Waals surface area (Å²) in [6, 6.07) is 7.87. The minimum atomic E-state index is -4.59. The molecule has 1 aromatic carbocycles. The number of thiophene rings is 1. The maximum absolute atomic E-state index is 13.4. The molecule has 3 atom stereocenters. The van der Waals surface area contributed by atoms with E-state index in [1.807, 2.05) is 17.5 Å². The molecule has 3 unspecified atom stereocenters. The molecule has 4 heterocycles. The number of aromatic nitrogens is 1. The lowest BCUT2D eigenvalue weighted by atomic mass is 9.87. The maximum atomic E-state index is 13.4. The van der Waals surface area contributed by atoms with Gasteiger partial charge in [0, 0.05) is 15.7 Å². The number of nitrogens with zero attached hydrogens (tertiary/aromatic N) is 1. The number of carbonyl (C=O) groups is 2. The van der Waals surface area contributed by atoms with E-state index in [-0.39, 0.29) is 10.6 Å². The number of nitrogens with one attached hydrogen (secondary N) is 1. The third-order valence-corrected chi connectivity index (χ3v) is 8.46. The third-order valence-electron chi connectivity index (χ3n) is 5.11. The topological polar surface area (TPSA) is 70.2 Å². The van der Waals surface area contributed by atoms with Gasteiger partial charge in [0.2, 0.25) is 11.8 Å². The summed E-state index contributed by atoms with van der Waals surface area (Å²) in [6.07, 6.45) is -4.59. The molecule has 3 aromatic rings. The standard InChI is InChI=1S/C19H11F3N2O3S3/c20-19(21,22)8-3-1-4-9(7-8)24-16(25)12-11(10-5-2-6-28-10)13-15(23-18(27)30-13)29-14(12)17(24)26/h1-7,11-12,14H,(H,23,27). The number of hydrogen-bond donors (Lipinski definition) is 1. The van der Waals surface area contributed by atoms with Gasteiger partial charge in [-0.2, -0.15) is 13.2 Å². The molecule has 30 heavy (non-hydrogen) atoms. The second-order valence-electron chi connectivity index (χ2n) is 6.83. The smallest absolute Gasteiger partial charge is 0.307 e. The molecular formula is C19H11F3N2O3S3. The summed E-state index contributed by atoms with van der Waals surface area (Å²) < 4.78 is 39.4. The van der Waals surface area contributed by atoms with Gasteiger partial charge in [-0.3, -0.25) is 14.4 Å². The fourth-order valence-corrected chi connectivity index (χ4v) is 7.33. The third kappa shape index (κ3) is 2.95. The molecule has 5 nitrogen and oxygen atoms in total. The Balaban J connectivity index is 1.62. The van der Waals surface area contributed by atoms with Crippen molar-refractivity contribution < 1.29 is 22.8 Å². The van der Waals surface area contributed by atoms with E-state index in [0.29, 0.717) is 9.90 Å². The van der Waals surface area contributed by atoms with Crippen LogP contribution in [0, 0.1) is 5.92 Å². The van der Waals surface area contributed by atoms with Crippen molar-refractivity contribution in [3.05, 3.63) is 66.8 Å². The molecule has 1 saturated heterocycles. The molecule has 1 fully saturated rings. The van der Waals surface area contributed by atoms with Gasteiger partial charge >= 0.3 is 11.0 Å². The normalized spacial score (nSPS) is 23.6. The number of H-pyrrole nitrogens is 1. The lowest BCUT2D eigenvalue weighted by Gasteiger charge is -2.28. The summed E-state index contributed by atoms with van der Waals surface area (Å²) in [5.74, 6) is -2.42. The zero-order chi connectivity index (χ0) is 21.2. The lowest BCUT2D eigenvalue weighted by Crippen LogP contribution is -2.32. The van der Waals surface area contributed by atoms with Crippen molar-refractivity contribution >= 4 is 51.9 Å². The van der Waals surface area contributed by atoms with Gasteiger partial charge in [-0.15, -0.1) is 11.3 Å². The number of amides is 2. The number of hydrogen-bond acceptors (Lipinski definition) is 6. The molecule has 2 aliphatic rings. The van der Waals surface area contributed by atoms with Crippen LogP contribution in [-0.2, 0) is 15.8 Å². The molecule has 0 radical (unpaired) electrons. The Morgan fingerprint density at radius 1 is 1.03 bits per heavy atom. The molecule has 0 saturated carbocycles. The maximum Gasteiger partial charge on any atom is 0.416 e. The number of thioether (sulfide) groups is 1. The van der Waals surface area contributed by atoms with Crippen molar-refractivity contribution in [3.63, 3.8) is 0 Å². The highest BCUT2D eigenvalue weighted by Gasteiger charge is 2.56. The van der Waals surface area contributed by atoms with Crippen molar-refractivity contribution in [1.82, 2.24) is 4.98 Å². The Morgan fingerprint density at radius 2 is 1.83 bits per heavy atom. The number of alkyl halides is 3. The first-order chi connectivity index (χ1) is 14.3. The van der Waals surface area contributed by atoms with Crippen LogP contribution < -0.4 is 9.77 Å². The first-order valence-electron chi connectivity index (χ1n) is 8.74. The number of rotatable bonds is 2. The average Bonchev–Trinajstić information content (AvgIpc) is 3.39. The number of benzene rings is 1. The first-order valence-corrected chi connectivity index (χ1v) is 11.3. The van der Waals surface area contributed by atoms with E-state index in [4.69, 9.17) is 0 Å². The minimum Gasteiger partial charge on any atom is -0.307 e. The number of fused-ring (bicyclic) bond motifs is 2. The van der Waals surface area contributed by atoms with E-state index in [1.165, 1.54) is 23.5 Å². The summed E-state index contributed by atoms with van der Waals surface area (Å²) in [5.41, 5.74) is -1.03. The lowest BCUT2D eigenvalue weighted by molar-refractivity contribution is -0.137. The fourth-order valence-electron chi connectivity index (χ4n) is 3.87. The Hall–Kier alpha value is -2.37. The number of aromatic amines is 1. The molecular weight excluding hydrogens is 457 g/mol. The first kappa shape index (κ1) is 19.6. The molecule has 0 aliphatic carbocycles. The summed E-state index contributed by atoms with van der Waals surface area (Å²) in [4.78, 5) is 43.3. The van der Waals surface area contributed by atoms with E-state index in [2.05, 4.69) is 4.98 Å². The molecule has 2 aliphatic heterocycles. The van der Waals surface area contributed by atoms with Gasteiger partial charge < -0.3 is 4.98 Å². The zero-order valence-corrected chi connectivity index (χ0v) is 17.3. The Morgan fingerprint density at radius 3 is 2.53 bits per heavy atom. The molecule has 0 spiro atoms. The van der Waals surface area contributed by atoms with Gasteiger partial charge in [0.05, 0.1) is 22.2 Å². The van der Waals surface area contributed by atoms with E-state index in [0.717, 1.165) is 45.0 Å². The SMILES string of the molecule is O=C1C2Sc3[nH]c(=O)sc3C(c3cccs3)C2C(=O)N1c1cccc(C(F)(F)F)c1. The van der Waals surface area contributed by atoms with Crippen LogP contribution in [0.25, 0.3) is 0 Å². The molecule has 2 amide bonds. The van der Waals surface area contributed by atoms with Crippen LogP contribution in [0.5, 0.6) is 0 Å². The van der Waals surface area contributed by atoms with Crippen molar-refractivity contribution in [2.24, 2.45) is 5.92 Å². The van der Waals surface area contributed by atoms with Crippen molar-refractivity contribution in [3.8, 4) is 0 Å². The molecule has 154 valence electrons. The highest BCUT2D eigenvalue weighted by molar-refractivity contribution is 8.00. The van der Waals surface area contributed by atoms with Crippen LogP contribution in [0.2, 0.25) is 0 Å². The van der Waals surface area contributed by atoms with E-state index in [9.17, 15) is 27.6 Å². The number of halogens is 3. The zero-order valence-electron chi connectivity index (χ0n) is 14.8. The Kier molecular flexibility index (Phi) is 4.46. The van der Waals surface area contributed by atoms with Gasteiger partial charge in [0.25, 0.3) is 0 Å². The summed E-state index contributed by atoms with van der Waals surface area (Å²) >= 11 is 3.50. The second kappa shape index (κ2) is 6.82. The molecule has 1 N–H and O–H groups in total. The average molecular weight is 469 g/mol. The van der Waals surface area contributed by atoms with Crippen LogP contribution in [0.15, 0.2) is 51.6 Å². The van der Waals surface area contributed by atoms with Gasteiger partial charge in [-0.05, 0) is 29.6 Å². The highest BCUT2D eigenvalue weighted by atomic mass is 32.2. The van der Waals surface area contributed by atoms with Crippen LogP contribution in [0.3, 0.4) is 0 Å². The molecule has 0 bridgehead atoms. The summed E-state index contributed by atoms with van der Waals surface area (Å²) in [5, 5.41) is 1.56. The van der Waals surface area contributed by atoms with E-state index >= 15 is 0 Å². The number of carbonyl (C=O) groups excluding carboxylic acids is 2. The number of anilines is 1. The Bertz CT molecular complexity index is 1220. The number of imide groups is 1. The second-order valence-corrected chi connectivity index (χ2v) is 9.97. The largest absolute Gasteiger partial charge is 0.416 e. The van der Waals surface area contributed by atoms with Gasteiger partial charge in [0.15, 0.2) is 0 Å². The highest BCUT2D eigenvalue weighted by Crippen LogP contribution is 2.53. The molecule has 5 rings (SSSR count). The summed E-state index contributed by atoms with van der Waals surface area (Å²) in [6.45, 7) is 0. The van der Waals surface area contributed by atoms with Crippen molar-refractivity contribution in [1.29, 1.82) is 0 Å². The summed E-state index contributed by atoms with van der Waals surface area (Å²) in [7, 11) is 0. The van der Waals surface area contributed by atoms with E-state index < -0.39 is 40.6 Å². The Labute approximate surface area is 179 Å². The number of thiazole rings is 1. The van der Waals surface area contributed by atoms with Gasteiger partial charge in [-0.25, -0.2) is 4.90 Å². The van der Waals surface area contributed by atoms with Crippen molar-refractivity contribution in [2.45, 2.75) is 22.4 Å². The fraction of sp³-hybridized carbons (Fsp3) is 0.211. The quantitative estimate of drug-likeness (QED) is 0.569. The predicted octanol–water partition coefficient (Wildman–Crippen LogP) is 4.31. The van der Waals surface area contributed by atoms with Gasteiger partial charge in [-0.1, -0.05) is 35.2 Å². The molecule has 11 heteroatoms. The molecule has 2 aromatic heterocycles. The van der Waals surface area contributed by atoms with Crippen molar-refractivity contribution in [2.75, 3.05) is 4.90 Å². The predicted molar refractivity (Wildman–Crippen MR) is 108 cm³/mol. The van der Waals surface area contributed by atoms with Gasteiger partial charge in [0.1, 0.15) is 5.25 Å².